The van der Waals surface area contributed by atoms with E-state index < -0.39 is 0 Å². The van der Waals surface area contributed by atoms with Crippen LogP contribution in [0.5, 0.6) is 0 Å². The van der Waals surface area contributed by atoms with E-state index in [1.165, 1.54) is 174 Å². The number of hydrogen-bond donors (Lipinski definition) is 0. The molecule has 26 aliphatic heterocycles. The van der Waals surface area contributed by atoms with Crippen LogP contribution in [-0.2, 0) is 26.2 Å². The van der Waals surface area contributed by atoms with Gasteiger partial charge >= 0.3 is 0 Å². The predicted octanol–water partition coefficient (Wildman–Crippen LogP) is 26.2. The van der Waals surface area contributed by atoms with Crippen molar-refractivity contribution >= 4 is 117 Å². The summed E-state index contributed by atoms with van der Waals surface area (Å²) in [5.41, 5.74) is 29.2. The molecule has 100 heavy (non-hydrogen) atoms. The van der Waals surface area contributed by atoms with Gasteiger partial charge in [0.05, 0.1) is 45.5 Å². The molecule has 0 fully saturated rings. The van der Waals surface area contributed by atoms with Crippen LogP contribution < -0.4 is 19.6 Å². The monoisotopic (exact) mass is 1350 g/mol. The zero-order chi connectivity index (χ0) is 66.0. The molecule has 0 amide bonds. The van der Waals surface area contributed by atoms with Crippen LogP contribution in [0.15, 0.2) is 355 Å². The van der Waals surface area contributed by atoms with Crippen molar-refractivity contribution in [1.29, 1.82) is 0 Å². The first-order valence-corrected chi connectivity index (χ1v) is 37.4. The van der Waals surface area contributed by atoms with Crippen LogP contribution in [0.25, 0.3) is 68.8 Å². The maximum absolute atomic E-state index is 2.49. The van der Waals surface area contributed by atoms with Crippen molar-refractivity contribution in [1.82, 2.24) is 0 Å². The van der Waals surface area contributed by atoms with Gasteiger partial charge < -0.3 is 19.6 Å². The number of anilines is 8. The third-order valence-electron chi connectivity index (χ3n) is 19.8. The molecule has 0 spiro atoms. The summed E-state index contributed by atoms with van der Waals surface area (Å²) in [5, 5.41) is 0. The van der Waals surface area contributed by atoms with E-state index in [0.717, 1.165) is 26.2 Å². The lowest BCUT2D eigenvalue weighted by molar-refractivity contribution is 0.938. The van der Waals surface area contributed by atoms with Crippen molar-refractivity contribution < 1.29 is 0 Å². The third-order valence-corrected chi connectivity index (χ3v) is 24.2. The van der Waals surface area contributed by atoms with Crippen LogP contribution in [0.1, 0.15) is 44.5 Å². The standard InChI is InChI=1S/C92H64N4S4/c1-5-19-85-77(15-1)93-57-65-27-39-69(40-28-65)73-11-9-12-74(55-73)70-41-29-66(30-42-70)59-95-79-17-3-7-21-87(79)99-91-53-63(37-49-83(91)95)25-26-64-38-50-84-92(54-64)100-88-22-8-4-18-80(88)96(84)60-68-33-45-72(46-34-68)76-14-10-13-75(56-76)71-43-31-67(32-44-71)58-94-78-16-2-6-20-86(78)98-90-52-62(36-48-82(90)94)24-23-61-35-47-81(93)89(51-61)97-85/h1-56H,57-60H2. The first-order valence-electron chi connectivity index (χ1n) is 34.1. The van der Waals surface area contributed by atoms with Gasteiger partial charge in [0, 0.05) is 65.3 Å². The van der Waals surface area contributed by atoms with Crippen molar-refractivity contribution in [2.75, 3.05) is 19.6 Å². The third kappa shape index (κ3) is 11.7. The summed E-state index contributed by atoms with van der Waals surface area (Å²) in [6.07, 6.45) is 9.08. The molecule has 0 atom stereocenters. The Balaban J connectivity index is 0.646. The summed E-state index contributed by atoms with van der Waals surface area (Å²) in [7, 11) is 0. The first-order chi connectivity index (χ1) is 49.4. The molecule has 28 bridgehead atoms. The average molecular weight is 1350 g/mol. The van der Waals surface area contributed by atoms with Gasteiger partial charge in [-0.25, -0.2) is 0 Å². The Morgan fingerprint density at radius 1 is 0.170 bits per heavy atom. The lowest BCUT2D eigenvalue weighted by Gasteiger charge is -2.33. The minimum absolute atomic E-state index is 0.756. The Bertz CT molecular complexity index is 4900. The second-order valence-electron chi connectivity index (χ2n) is 26.1. The van der Waals surface area contributed by atoms with Crippen molar-refractivity contribution in [3.8, 4) is 44.5 Å². The van der Waals surface area contributed by atoms with Gasteiger partial charge in [0.15, 0.2) is 0 Å². The highest BCUT2D eigenvalue weighted by Gasteiger charge is 2.29. The molecule has 0 N–H and O–H groups in total. The average Bonchev–Trinajstić information content (AvgIpc) is 0.784. The Labute approximate surface area is 601 Å². The Hall–Kier alpha value is -10.8. The van der Waals surface area contributed by atoms with Crippen LogP contribution in [0.3, 0.4) is 0 Å². The van der Waals surface area contributed by atoms with Gasteiger partial charge in [-0.15, -0.1) is 0 Å². The van der Waals surface area contributed by atoms with Crippen molar-refractivity contribution in [2.45, 2.75) is 65.3 Å². The molecule has 14 aromatic carbocycles. The lowest BCUT2D eigenvalue weighted by atomic mass is 9.97. The van der Waals surface area contributed by atoms with Crippen LogP contribution in [-0.4, -0.2) is 0 Å². The maximum atomic E-state index is 2.49. The van der Waals surface area contributed by atoms with Crippen molar-refractivity contribution in [3.63, 3.8) is 0 Å². The van der Waals surface area contributed by atoms with Gasteiger partial charge in [0.2, 0.25) is 0 Å². The van der Waals surface area contributed by atoms with Gasteiger partial charge in [-0.05, 0) is 198 Å². The van der Waals surface area contributed by atoms with E-state index in [-0.39, 0.29) is 0 Å². The van der Waals surface area contributed by atoms with Gasteiger partial charge in [-0.2, -0.15) is 0 Å². The number of rotatable bonds is 0. The molecule has 0 radical (unpaired) electrons. The summed E-state index contributed by atoms with van der Waals surface area (Å²) >= 11 is 7.44. The van der Waals surface area contributed by atoms with Crippen LogP contribution >= 0.6 is 47.0 Å². The fraction of sp³-hybridized carbons (Fsp3) is 0.0435. The van der Waals surface area contributed by atoms with E-state index in [4.69, 9.17) is 0 Å². The highest BCUT2D eigenvalue weighted by atomic mass is 32.2. The number of hydrogen-bond acceptors (Lipinski definition) is 8. The predicted molar refractivity (Wildman–Crippen MR) is 424 cm³/mol. The van der Waals surface area contributed by atoms with Crippen LogP contribution in [0.4, 0.5) is 45.5 Å². The molecule has 0 aromatic heterocycles. The van der Waals surface area contributed by atoms with E-state index in [1.54, 1.807) is 0 Å². The van der Waals surface area contributed by atoms with Crippen LogP contribution in [0.2, 0.25) is 0 Å². The highest BCUT2D eigenvalue weighted by molar-refractivity contribution is 8.00. The molecule has 26 heterocycles. The molecule has 14 aromatic rings. The van der Waals surface area contributed by atoms with Crippen molar-refractivity contribution in [3.05, 3.63) is 360 Å². The molecule has 8 heteroatoms. The summed E-state index contributed by atoms with van der Waals surface area (Å²) in [6.45, 7) is 3.02. The summed E-state index contributed by atoms with van der Waals surface area (Å²) in [6, 6.07) is 118. The second-order valence-corrected chi connectivity index (χ2v) is 30.5. The summed E-state index contributed by atoms with van der Waals surface area (Å²) < 4.78 is 0. The number of benzene rings is 14. The summed E-state index contributed by atoms with van der Waals surface area (Å²) in [4.78, 5) is 20.0. The Kier molecular flexibility index (Phi) is 15.6. The van der Waals surface area contributed by atoms with Crippen LogP contribution in [0, 0.1) is 0 Å². The molecular formula is C92H64N4S4. The molecule has 0 unspecified atom stereocenters. The molecule has 0 aliphatic carbocycles. The van der Waals surface area contributed by atoms with E-state index >= 15 is 0 Å². The minimum Gasteiger partial charge on any atom is -0.335 e. The first kappa shape index (κ1) is 60.3. The highest BCUT2D eigenvalue weighted by Crippen LogP contribution is 2.54. The number of fused-ring (bicyclic) bond motifs is 4. The van der Waals surface area contributed by atoms with Crippen molar-refractivity contribution in [2.24, 2.45) is 0 Å². The fourth-order valence-corrected chi connectivity index (χ4v) is 19.2. The zero-order valence-electron chi connectivity index (χ0n) is 54.6. The lowest BCUT2D eigenvalue weighted by Crippen LogP contribution is -2.20. The largest absolute Gasteiger partial charge is 0.335 e. The van der Waals surface area contributed by atoms with E-state index in [0.29, 0.717) is 0 Å². The number of nitrogens with zero attached hydrogens (tertiary/aromatic N) is 4. The minimum atomic E-state index is 0.756. The molecule has 0 saturated carbocycles. The van der Waals surface area contributed by atoms with Gasteiger partial charge in [0.25, 0.3) is 0 Å². The maximum Gasteiger partial charge on any atom is 0.0556 e. The smallest absolute Gasteiger partial charge is 0.0556 e. The number of para-hydroxylation sites is 4. The molecule has 0 saturated heterocycles. The van der Waals surface area contributed by atoms with Gasteiger partial charge in [-0.1, -0.05) is 278 Å². The quantitative estimate of drug-likeness (QED) is 0.147. The van der Waals surface area contributed by atoms with Gasteiger partial charge in [0.1, 0.15) is 0 Å². The normalized spacial score (nSPS) is 13.9. The topological polar surface area (TPSA) is 13.0 Å². The van der Waals surface area contributed by atoms with E-state index in [1.807, 2.05) is 47.0 Å². The SMILES string of the molecule is C1=Cc2ccc3c(c2)Sc2ccccc2N3Cc2ccc(cc2)-c2cccc(c2)-c2ccc(cc2)CN2c3ccccc3Sc3cc(ccc32)C=Cc2ccc3c(c2)Sc2ccccc2N3Cc2ccc(cc2)-c2cccc(c2)-c2ccc(cc2)CN2c3ccccc3Sc3cc1ccc32. The fourth-order valence-electron chi connectivity index (χ4n) is 14.6. The molecule has 476 valence electrons. The Morgan fingerprint density at radius 2 is 0.390 bits per heavy atom. The second kappa shape index (κ2) is 25.8. The summed E-state index contributed by atoms with van der Waals surface area (Å²) in [5.74, 6) is 0. The molecule has 4 nitrogen and oxygen atoms in total. The van der Waals surface area contributed by atoms with E-state index in [2.05, 4.69) is 359 Å². The molecule has 26 aliphatic rings. The molecule has 40 rings (SSSR count). The van der Waals surface area contributed by atoms with E-state index in [9.17, 15) is 0 Å². The molecular weight excluding hydrogens is 1290 g/mol. The zero-order valence-corrected chi connectivity index (χ0v) is 57.8. The Morgan fingerprint density at radius 3 is 0.630 bits per heavy atom. The van der Waals surface area contributed by atoms with Gasteiger partial charge in [-0.3, -0.25) is 0 Å².